The molecular formula is C21H24N2O5. The summed E-state index contributed by atoms with van der Waals surface area (Å²) in [7, 11) is 1.57. The predicted octanol–water partition coefficient (Wildman–Crippen LogP) is 3.39. The fraction of sp³-hybridized carbons (Fsp3) is 0.333. The Morgan fingerprint density at radius 1 is 1.11 bits per heavy atom. The van der Waals surface area contributed by atoms with E-state index in [1.54, 1.807) is 43.5 Å². The minimum Gasteiger partial charge on any atom is -0.497 e. The summed E-state index contributed by atoms with van der Waals surface area (Å²) in [6.07, 6.45) is 3.93. The molecule has 7 nitrogen and oxygen atoms in total. The smallest absolute Gasteiger partial charge is 0.338 e. The zero-order valence-electron chi connectivity index (χ0n) is 15.8. The monoisotopic (exact) mass is 384 g/mol. The molecule has 0 aliphatic heterocycles. The highest BCUT2D eigenvalue weighted by molar-refractivity contribution is 5.92. The molecule has 0 radical (unpaired) electrons. The highest BCUT2D eigenvalue weighted by Gasteiger charge is 2.21. The predicted molar refractivity (Wildman–Crippen MR) is 106 cm³/mol. The van der Waals surface area contributed by atoms with Crippen LogP contribution in [0.2, 0.25) is 0 Å². The van der Waals surface area contributed by atoms with Crippen molar-refractivity contribution in [1.82, 2.24) is 0 Å². The van der Waals surface area contributed by atoms with Gasteiger partial charge in [-0.25, -0.2) is 4.79 Å². The summed E-state index contributed by atoms with van der Waals surface area (Å²) >= 11 is 0. The van der Waals surface area contributed by atoms with Crippen LogP contribution in [0.1, 0.15) is 36.0 Å². The number of amides is 1. The second-order valence-corrected chi connectivity index (χ2v) is 6.63. The maximum absolute atomic E-state index is 12.3. The third-order valence-corrected chi connectivity index (χ3v) is 4.56. The lowest BCUT2D eigenvalue weighted by molar-refractivity contribution is -0.118. The van der Waals surface area contributed by atoms with Crippen LogP contribution in [0, 0.1) is 0 Å². The zero-order chi connectivity index (χ0) is 19.9. The molecule has 1 saturated carbocycles. The molecule has 7 heteroatoms. The van der Waals surface area contributed by atoms with Crippen LogP contribution in [0.4, 0.5) is 11.4 Å². The lowest BCUT2D eigenvalue weighted by Gasteiger charge is -2.13. The Morgan fingerprint density at radius 2 is 1.82 bits per heavy atom. The van der Waals surface area contributed by atoms with E-state index < -0.39 is 5.97 Å². The summed E-state index contributed by atoms with van der Waals surface area (Å²) in [5.74, 6) is 0.219. The molecule has 0 aromatic heterocycles. The third-order valence-electron chi connectivity index (χ3n) is 4.56. The summed E-state index contributed by atoms with van der Waals surface area (Å²) in [5, 5.41) is 2.72. The topological polar surface area (TPSA) is 99.9 Å². The van der Waals surface area contributed by atoms with Crippen LogP contribution in [-0.2, 0) is 9.53 Å². The van der Waals surface area contributed by atoms with Crippen molar-refractivity contribution in [3.8, 4) is 11.5 Å². The maximum atomic E-state index is 12.3. The van der Waals surface area contributed by atoms with E-state index in [1.807, 2.05) is 0 Å². The Labute approximate surface area is 163 Å². The second-order valence-electron chi connectivity index (χ2n) is 6.63. The SMILES string of the molecule is COc1ccc(NC(=O)COc2cc(C(=O)OC3CCCC3)ccc2N)cc1. The number of anilines is 2. The van der Waals surface area contributed by atoms with E-state index in [-0.39, 0.29) is 24.4 Å². The molecule has 2 aromatic carbocycles. The average Bonchev–Trinajstić information content (AvgIpc) is 3.21. The quantitative estimate of drug-likeness (QED) is 0.561. The highest BCUT2D eigenvalue weighted by Crippen LogP contribution is 2.26. The Morgan fingerprint density at radius 3 is 2.50 bits per heavy atom. The Bertz CT molecular complexity index is 829. The van der Waals surface area contributed by atoms with Crippen molar-refractivity contribution in [2.24, 2.45) is 0 Å². The summed E-state index contributed by atoms with van der Waals surface area (Å²) in [4.78, 5) is 24.4. The van der Waals surface area contributed by atoms with Crippen LogP contribution < -0.4 is 20.5 Å². The fourth-order valence-corrected chi connectivity index (χ4v) is 3.03. The molecular weight excluding hydrogens is 360 g/mol. The Hall–Kier alpha value is -3.22. The lowest BCUT2D eigenvalue weighted by Crippen LogP contribution is -2.20. The Kier molecular flexibility index (Phi) is 6.37. The minimum absolute atomic E-state index is 0.0234. The number of esters is 1. The first-order valence-electron chi connectivity index (χ1n) is 9.22. The van der Waals surface area contributed by atoms with E-state index in [9.17, 15) is 9.59 Å². The normalized spacial score (nSPS) is 13.8. The molecule has 0 spiro atoms. The number of carbonyl (C=O) groups is 2. The molecule has 2 aromatic rings. The zero-order valence-corrected chi connectivity index (χ0v) is 15.8. The van der Waals surface area contributed by atoms with Crippen molar-refractivity contribution in [3.05, 3.63) is 48.0 Å². The minimum atomic E-state index is -0.403. The molecule has 0 atom stereocenters. The molecule has 1 fully saturated rings. The maximum Gasteiger partial charge on any atom is 0.338 e. The number of rotatable bonds is 7. The van der Waals surface area contributed by atoms with Gasteiger partial charge < -0.3 is 25.3 Å². The third kappa shape index (κ3) is 5.16. The highest BCUT2D eigenvalue weighted by atomic mass is 16.5. The molecule has 1 aliphatic carbocycles. The first kappa shape index (κ1) is 19.5. The molecule has 1 amide bonds. The van der Waals surface area contributed by atoms with E-state index in [2.05, 4.69) is 5.32 Å². The number of hydrogen-bond donors (Lipinski definition) is 2. The number of carbonyl (C=O) groups excluding carboxylic acids is 2. The summed E-state index contributed by atoms with van der Waals surface area (Å²) in [6.45, 7) is -0.239. The van der Waals surface area contributed by atoms with E-state index in [4.69, 9.17) is 19.9 Å². The molecule has 0 unspecified atom stereocenters. The van der Waals surface area contributed by atoms with Gasteiger partial charge in [-0.3, -0.25) is 4.79 Å². The van der Waals surface area contributed by atoms with Gasteiger partial charge in [-0.2, -0.15) is 0 Å². The second kappa shape index (κ2) is 9.12. The van der Waals surface area contributed by atoms with Crippen LogP contribution in [0.3, 0.4) is 0 Å². The summed E-state index contributed by atoms with van der Waals surface area (Å²) in [6, 6.07) is 11.6. The van der Waals surface area contributed by atoms with Gasteiger partial charge in [-0.1, -0.05) is 0 Å². The number of nitrogens with two attached hydrogens (primary N) is 1. The molecule has 0 heterocycles. The van der Waals surface area contributed by atoms with E-state index in [0.29, 0.717) is 22.7 Å². The standard InChI is InChI=1S/C21H24N2O5/c1-26-16-9-7-15(8-10-16)23-20(24)13-27-19-12-14(6-11-18(19)22)21(25)28-17-4-2-3-5-17/h6-12,17H,2-5,13,22H2,1H3,(H,23,24). The van der Waals surface area contributed by atoms with Crippen LogP contribution in [-0.4, -0.2) is 31.7 Å². The van der Waals surface area contributed by atoms with Gasteiger partial charge in [0.25, 0.3) is 5.91 Å². The van der Waals surface area contributed by atoms with Crippen LogP contribution in [0.5, 0.6) is 11.5 Å². The van der Waals surface area contributed by atoms with Crippen molar-refractivity contribution < 1.29 is 23.8 Å². The number of benzene rings is 2. The van der Waals surface area contributed by atoms with Gasteiger partial charge in [0.05, 0.1) is 18.4 Å². The van der Waals surface area contributed by atoms with Gasteiger partial charge in [0.1, 0.15) is 17.6 Å². The number of ether oxygens (including phenoxy) is 3. The van der Waals surface area contributed by atoms with E-state index in [1.165, 1.54) is 6.07 Å². The number of hydrogen-bond acceptors (Lipinski definition) is 6. The molecule has 3 N–H and O–H groups in total. The van der Waals surface area contributed by atoms with Gasteiger partial charge in [0, 0.05) is 5.69 Å². The largest absolute Gasteiger partial charge is 0.497 e. The molecule has 1 aliphatic rings. The van der Waals surface area contributed by atoms with Crippen molar-refractivity contribution in [3.63, 3.8) is 0 Å². The molecule has 148 valence electrons. The lowest BCUT2D eigenvalue weighted by atomic mass is 10.2. The van der Waals surface area contributed by atoms with Gasteiger partial charge >= 0.3 is 5.97 Å². The molecule has 3 rings (SSSR count). The van der Waals surface area contributed by atoms with Gasteiger partial charge in [0.2, 0.25) is 0 Å². The van der Waals surface area contributed by atoms with E-state index in [0.717, 1.165) is 25.7 Å². The number of methoxy groups -OCH3 is 1. The fourth-order valence-electron chi connectivity index (χ4n) is 3.03. The van der Waals surface area contributed by atoms with Crippen LogP contribution in [0.25, 0.3) is 0 Å². The van der Waals surface area contributed by atoms with Gasteiger partial charge in [-0.05, 0) is 68.1 Å². The van der Waals surface area contributed by atoms with Gasteiger partial charge in [-0.15, -0.1) is 0 Å². The van der Waals surface area contributed by atoms with Crippen molar-refractivity contribution >= 4 is 23.3 Å². The molecule has 28 heavy (non-hydrogen) atoms. The number of nitrogen functional groups attached to an aromatic ring is 1. The molecule has 0 saturated heterocycles. The van der Waals surface area contributed by atoms with Crippen LogP contribution >= 0.6 is 0 Å². The van der Waals surface area contributed by atoms with Crippen molar-refractivity contribution in [1.29, 1.82) is 0 Å². The first-order valence-corrected chi connectivity index (χ1v) is 9.22. The molecule has 0 bridgehead atoms. The van der Waals surface area contributed by atoms with Gasteiger partial charge in [0.15, 0.2) is 6.61 Å². The van der Waals surface area contributed by atoms with Crippen molar-refractivity contribution in [2.75, 3.05) is 24.8 Å². The first-order chi connectivity index (χ1) is 13.5. The summed E-state index contributed by atoms with van der Waals surface area (Å²) < 4.78 is 16.1. The van der Waals surface area contributed by atoms with Crippen LogP contribution in [0.15, 0.2) is 42.5 Å². The average molecular weight is 384 g/mol. The summed E-state index contributed by atoms with van der Waals surface area (Å²) in [5.41, 5.74) is 7.22. The Balaban J connectivity index is 1.56. The van der Waals surface area contributed by atoms with Crippen molar-refractivity contribution in [2.45, 2.75) is 31.8 Å². The number of nitrogens with one attached hydrogen (secondary N) is 1. The van der Waals surface area contributed by atoms with E-state index >= 15 is 0 Å².